The lowest BCUT2D eigenvalue weighted by molar-refractivity contribution is 0.219. The van der Waals surface area contributed by atoms with E-state index in [2.05, 4.69) is 16.8 Å². The minimum Gasteiger partial charge on any atom is -0.371 e. The van der Waals surface area contributed by atoms with Crippen molar-refractivity contribution in [3.63, 3.8) is 0 Å². The van der Waals surface area contributed by atoms with Crippen molar-refractivity contribution in [3.8, 4) is 0 Å². The van der Waals surface area contributed by atoms with Crippen LogP contribution in [0.4, 0.5) is 10.1 Å². The third kappa shape index (κ3) is 5.44. The topological polar surface area (TPSA) is 23.6 Å². The predicted molar refractivity (Wildman–Crippen MR) is 112 cm³/mol. The Bertz CT molecular complexity index is 795. The highest BCUT2D eigenvalue weighted by atomic mass is 35.5. The lowest BCUT2D eigenvalue weighted by Gasteiger charge is -2.37. The highest BCUT2D eigenvalue weighted by molar-refractivity contribution is 7.85. The molecule has 7 heteroatoms. The van der Waals surface area contributed by atoms with Crippen LogP contribution in [0.1, 0.15) is 12.8 Å². The minimum absolute atomic E-state index is 0.207. The highest BCUT2D eigenvalue weighted by Gasteiger charge is 2.23. The van der Waals surface area contributed by atoms with E-state index in [9.17, 15) is 8.60 Å². The van der Waals surface area contributed by atoms with E-state index >= 15 is 0 Å². The standard InChI is InChI=1S/C20H23Cl2FN2OS/c1-24(12-13-27(26)20-14-15(21)2-7-19(20)22)17-8-10-25(11-9-17)18-5-3-16(23)4-6-18/h2-7,14,17H,8-13H2,1H3. The first-order chi connectivity index (χ1) is 12.9. The average Bonchev–Trinajstić information content (AvgIpc) is 2.68. The van der Waals surface area contributed by atoms with E-state index in [1.807, 2.05) is 12.1 Å². The van der Waals surface area contributed by atoms with Crippen LogP contribution in [-0.2, 0) is 10.8 Å². The molecule has 0 N–H and O–H groups in total. The Morgan fingerprint density at radius 2 is 1.81 bits per heavy atom. The monoisotopic (exact) mass is 428 g/mol. The van der Waals surface area contributed by atoms with Crippen molar-refractivity contribution in [1.29, 1.82) is 0 Å². The molecule has 0 bridgehead atoms. The van der Waals surface area contributed by atoms with Gasteiger partial charge in [0.1, 0.15) is 5.82 Å². The second kappa shape index (κ2) is 9.37. The molecule has 146 valence electrons. The van der Waals surface area contributed by atoms with Gasteiger partial charge in [-0.3, -0.25) is 4.21 Å². The summed E-state index contributed by atoms with van der Waals surface area (Å²) in [5, 5.41) is 1.04. The van der Waals surface area contributed by atoms with Gasteiger partial charge in [-0.1, -0.05) is 23.2 Å². The molecule has 0 saturated carbocycles. The van der Waals surface area contributed by atoms with Crippen LogP contribution in [0.15, 0.2) is 47.4 Å². The van der Waals surface area contributed by atoms with Gasteiger partial charge in [-0.05, 0) is 62.4 Å². The van der Waals surface area contributed by atoms with Crippen molar-refractivity contribution >= 4 is 39.7 Å². The Morgan fingerprint density at radius 3 is 2.48 bits per heavy atom. The summed E-state index contributed by atoms with van der Waals surface area (Å²) in [6.45, 7) is 2.60. The van der Waals surface area contributed by atoms with E-state index in [-0.39, 0.29) is 5.82 Å². The summed E-state index contributed by atoms with van der Waals surface area (Å²) in [6, 6.07) is 12.2. The van der Waals surface area contributed by atoms with Crippen LogP contribution in [-0.4, -0.2) is 47.6 Å². The summed E-state index contributed by atoms with van der Waals surface area (Å²) in [6.07, 6.45) is 2.05. The van der Waals surface area contributed by atoms with Gasteiger partial charge in [-0.25, -0.2) is 4.39 Å². The molecule has 2 aromatic rings. The summed E-state index contributed by atoms with van der Waals surface area (Å²) < 4.78 is 25.6. The largest absolute Gasteiger partial charge is 0.371 e. The fraction of sp³-hybridized carbons (Fsp3) is 0.400. The molecule has 3 rings (SSSR count). The number of hydrogen-bond donors (Lipinski definition) is 0. The van der Waals surface area contributed by atoms with Crippen LogP contribution in [0.2, 0.25) is 10.0 Å². The molecular weight excluding hydrogens is 406 g/mol. The number of anilines is 1. The normalized spacial score (nSPS) is 16.7. The van der Waals surface area contributed by atoms with Crippen LogP contribution in [0, 0.1) is 5.82 Å². The first kappa shape index (κ1) is 20.6. The first-order valence-corrected chi connectivity index (χ1v) is 11.1. The number of nitrogens with zero attached hydrogens (tertiary/aromatic N) is 2. The van der Waals surface area contributed by atoms with Gasteiger partial charge in [0, 0.05) is 42.1 Å². The van der Waals surface area contributed by atoms with E-state index in [1.165, 1.54) is 12.1 Å². The Morgan fingerprint density at radius 1 is 1.15 bits per heavy atom. The number of benzene rings is 2. The molecule has 1 unspecified atom stereocenters. The number of hydrogen-bond acceptors (Lipinski definition) is 3. The summed E-state index contributed by atoms with van der Waals surface area (Å²) in [5.74, 6) is 0.315. The first-order valence-electron chi connectivity index (χ1n) is 8.98. The number of rotatable bonds is 6. The molecule has 1 saturated heterocycles. The van der Waals surface area contributed by atoms with Crippen molar-refractivity contribution in [1.82, 2.24) is 4.90 Å². The quantitative estimate of drug-likeness (QED) is 0.657. The van der Waals surface area contributed by atoms with Gasteiger partial charge < -0.3 is 9.80 Å². The van der Waals surface area contributed by atoms with Gasteiger partial charge in [-0.2, -0.15) is 0 Å². The lowest BCUT2D eigenvalue weighted by atomic mass is 10.0. The molecule has 0 radical (unpaired) electrons. The third-order valence-corrected chi connectivity index (χ3v) is 7.11. The molecular formula is C20H23Cl2FN2OS. The van der Waals surface area contributed by atoms with Crippen LogP contribution >= 0.6 is 23.2 Å². The molecule has 2 aromatic carbocycles. The zero-order valence-corrected chi connectivity index (χ0v) is 17.5. The van der Waals surface area contributed by atoms with Gasteiger partial charge in [-0.15, -0.1) is 0 Å². The molecule has 3 nitrogen and oxygen atoms in total. The Kier molecular flexibility index (Phi) is 7.15. The van der Waals surface area contributed by atoms with E-state index in [0.717, 1.165) is 38.2 Å². The molecule has 1 atom stereocenters. The second-order valence-electron chi connectivity index (χ2n) is 6.80. The Labute approximate surface area is 172 Å². The maximum Gasteiger partial charge on any atom is 0.123 e. The van der Waals surface area contributed by atoms with Crippen molar-refractivity contribution in [2.45, 2.75) is 23.8 Å². The third-order valence-electron chi connectivity index (χ3n) is 5.05. The molecule has 0 aliphatic carbocycles. The second-order valence-corrected chi connectivity index (χ2v) is 9.18. The number of piperidine rings is 1. The van der Waals surface area contributed by atoms with Crippen molar-refractivity contribution in [2.75, 3.05) is 37.3 Å². The van der Waals surface area contributed by atoms with E-state index in [0.29, 0.717) is 26.7 Å². The van der Waals surface area contributed by atoms with Crippen molar-refractivity contribution in [3.05, 3.63) is 58.3 Å². The van der Waals surface area contributed by atoms with Crippen LogP contribution < -0.4 is 4.90 Å². The number of halogens is 3. The maximum absolute atomic E-state index is 13.1. The Hall–Kier alpha value is -1.14. The predicted octanol–water partition coefficient (Wildman–Crippen LogP) is 4.84. The van der Waals surface area contributed by atoms with Crippen LogP contribution in [0.3, 0.4) is 0 Å². The van der Waals surface area contributed by atoms with Crippen molar-refractivity contribution < 1.29 is 8.60 Å². The van der Waals surface area contributed by atoms with Crippen molar-refractivity contribution in [2.24, 2.45) is 0 Å². The van der Waals surface area contributed by atoms with Gasteiger partial charge in [0.15, 0.2) is 0 Å². The SMILES string of the molecule is CN(CCS(=O)c1cc(Cl)ccc1Cl)C1CCN(c2ccc(F)cc2)CC1. The van der Waals surface area contributed by atoms with Gasteiger partial charge in [0.2, 0.25) is 0 Å². The summed E-state index contributed by atoms with van der Waals surface area (Å²) in [7, 11) is 0.905. The van der Waals surface area contributed by atoms with Gasteiger partial charge >= 0.3 is 0 Å². The fourth-order valence-corrected chi connectivity index (χ4v) is 5.22. The summed E-state index contributed by atoms with van der Waals surface area (Å²) in [4.78, 5) is 5.16. The smallest absolute Gasteiger partial charge is 0.123 e. The molecule has 1 aliphatic heterocycles. The zero-order valence-electron chi connectivity index (χ0n) is 15.2. The molecule has 0 aromatic heterocycles. The minimum atomic E-state index is -1.17. The van der Waals surface area contributed by atoms with Gasteiger partial charge in [0.25, 0.3) is 0 Å². The molecule has 27 heavy (non-hydrogen) atoms. The van der Waals surface area contributed by atoms with Gasteiger partial charge in [0.05, 0.1) is 20.7 Å². The summed E-state index contributed by atoms with van der Waals surface area (Å²) >= 11 is 12.1. The fourth-order valence-electron chi connectivity index (χ4n) is 3.39. The van der Waals surface area contributed by atoms with E-state index in [4.69, 9.17) is 23.2 Å². The molecule has 0 amide bonds. The zero-order chi connectivity index (χ0) is 19.4. The molecule has 0 spiro atoms. The van der Waals surface area contributed by atoms with E-state index < -0.39 is 10.8 Å². The summed E-state index contributed by atoms with van der Waals surface area (Å²) in [5.41, 5.74) is 1.06. The lowest BCUT2D eigenvalue weighted by Crippen LogP contribution is -2.44. The van der Waals surface area contributed by atoms with Crippen LogP contribution in [0.25, 0.3) is 0 Å². The molecule has 1 aliphatic rings. The Balaban J connectivity index is 1.49. The molecule has 1 heterocycles. The highest BCUT2D eigenvalue weighted by Crippen LogP contribution is 2.25. The molecule has 1 fully saturated rings. The maximum atomic E-state index is 13.1. The van der Waals surface area contributed by atoms with Crippen LogP contribution in [0.5, 0.6) is 0 Å². The average molecular weight is 429 g/mol. The van der Waals surface area contributed by atoms with E-state index in [1.54, 1.807) is 18.2 Å².